The van der Waals surface area contributed by atoms with Crippen LogP contribution in [-0.4, -0.2) is 30.6 Å². The lowest BCUT2D eigenvalue weighted by Gasteiger charge is -2.05. The molecule has 0 radical (unpaired) electrons. The van der Waals surface area contributed by atoms with Gasteiger partial charge in [0, 0.05) is 0 Å². The lowest BCUT2D eigenvalue weighted by Crippen LogP contribution is -2.19. The molecule has 21 heavy (non-hydrogen) atoms. The van der Waals surface area contributed by atoms with Gasteiger partial charge in [-0.25, -0.2) is 14.2 Å². The van der Waals surface area contributed by atoms with Crippen LogP contribution in [0.1, 0.15) is 9.67 Å². The zero-order valence-corrected chi connectivity index (χ0v) is 11.8. The highest BCUT2D eigenvalue weighted by molar-refractivity contribution is 7.17. The van der Waals surface area contributed by atoms with Crippen molar-refractivity contribution in [1.29, 1.82) is 0 Å². The second-order valence-electron chi connectivity index (χ2n) is 3.81. The standard InChI is InChI=1S/C13H11FN2O4S/c1-19-12(18)10-6-15-13(21-10)16-11(17)7-20-9-4-2-8(14)3-5-9/h2-6H,7H2,1H3,(H,15,16,17). The first-order chi connectivity index (χ1) is 10.1. The largest absolute Gasteiger partial charge is 0.484 e. The van der Waals surface area contributed by atoms with Gasteiger partial charge in [0.2, 0.25) is 0 Å². The van der Waals surface area contributed by atoms with Crippen molar-refractivity contribution >= 4 is 28.3 Å². The van der Waals surface area contributed by atoms with Crippen LogP contribution in [0.2, 0.25) is 0 Å². The number of rotatable bonds is 5. The highest BCUT2D eigenvalue weighted by Crippen LogP contribution is 2.18. The van der Waals surface area contributed by atoms with Crippen LogP contribution >= 0.6 is 11.3 Å². The Morgan fingerprint density at radius 1 is 1.33 bits per heavy atom. The molecule has 1 aromatic carbocycles. The molecular weight excluding hydrogens is 299 g/mol. The first-order valence-corrected chi connectivity index (χ1v) is 6.62. The smallest absolute Gasteiger partial charge is 0.349 e. The molecule has 0 spiro atoms. The molecular formula is C13H11FN2O4S. The molecule has 6 nitrogen and oxygen atoms in total. The maximum absolute atomic E-state index is 12.7. The van der Waals surface area contributed by atoms with E-state index in [0.29, 0.717) is 5.75 Å². The van der Waals surface area contributed by atoms with E-state index in [4.69, 9.17) is 4.74 Å². The van der Waals surface area contributed by atoms with E-state index in [1.807, 2.05) is 0 Å². The third kappa shape index (κ3) is 4.25. The molecule has 0 saturated carbocycles. The summed E-state index contributed by atoms with van der Waals surface area (Å²) in [6.07, 6.45) is 1.31. The minimum atomic E-state index is -0.518. The summed E-state index contributed by atoms with van der Waals surface area (Å²) in [5.74, 6) is -0.966. The Hall–Kier alpha value is -2.48. The highest BCUT2D eigenvalue weighted by atomic mass is 32.1. The Morgan fingerprint density at radius 2 is 2.05 bits per heavy atom. The average molecular weight is 310 g/mol. The predicted octanol–water partition coefficient (Wildman–Crippen LogP) is 2.09. The molecule has 0 bridgehead atoms. The van der Waals surface area contributed by atoms with E-state index in [9.17, 15) is 14.0 Å². The fourth-order valence-electron chi connectivity index (χ4n) is 1.36. The van der Waals surface area contributed by atoms with Crippen molar-refractivity contribution in [3.05, 3.63) is 41.2 Å². The third-order valence-electron chi connectivity index (χ3n) is 2.32. The maximum atomic E-state index is 12.7. The molecule has 0 aliphatic carbocycles. The number of thiazole rings is 1. The number of anilines is 1. The van der Waals surface area contributed by atoms with E-state index >= 15 is 0 Å². The van der Waals surface area contributed by atoms with Crippen LogP contribution in [-0.2, 0) is 9.53 Å². The van der Waals surface area contributed by atoms with Gasteiger partial charge >= 0.3 is 5.97 Å². The topological polar surface area (TPSA) is 77.5 Å². The molecule has 0 atom stereocenters. The molecule has 1 heterocycles. The summed E-state index contributed by atoms with van der Waals surface area (Å²) in [5.41, 5.74) is 0. The van der Waals surface area contributed by atoms with Gasteiger partial charge in [0.05, 0.1) is 13.3 Å². The van der Waals surface area contributed by atoms with E-state index in [-0.39, 0.29) is 22.4 Å². The monoisotopic (exact) mass is 310 g/mol. The van der Waals surface area contributed by atoms with Crippen molar-refractivity contribution in [3.8, 4) is 5.75 Å². The minimum absolute atomic E-state index is 0.251. The van der Waals surface area contributed by atoms with Crippen LogP contribution in [0.15, 0.2) is 30.5 Å². The lowest BCUT2D eigenvalue weighted by atomic mass is 10.3. The van der Waals surface area contributed by atoms with Crippen molar-refractivity contribution in [1.82, 2.24) is 4.98 Å². The van der Waals surface area contributed by atoms with Gasteiger partial charge in [0.1, 0.15) is 16.4 Å². The molecule has 2 aromatic rings. The van der Waals surface area contributed by atoms with Crippen molar-refractivity contribution in [2.45, 2.75) is 0 Å². The number of esters is 1. The zero-order chi connectivity index (χ0) is 15.2. The van der Waals surface area contributed by atoms with E-state index in [1.165, 1.54) is 37.6 Å². The summed E-state index contributed by atoms with van der Waals surface area (Å²) in [4.78, 5) is 27.0. The molecule has 1 aromatic heterocycles. The van der Waals surface area contributed by atoms with Gasteiger partial charge < -0.3 is 9.47 Å². The van der Waals surface area contributed by atoms with Crippen LogP contribution in [0, 0.1) is 5.82 Å². The molecule has 2 rings (SSSR count). The maximum Gasteiger partial charge on any atom is 0.349 e. The number of carbonyl (C=O) groups is 2. The molecule has 110 valence electrons. The minimum Gasteiger partial charge on any atom is -0.484 e. The van der Waals surface area contributed by atoms with Gasteiger partial charge in [-0.15, -0.1) is 0 Å². The third-order valence-corrected chi connectivity index (χ3v) is 3.21. The summed E-state index contributed by atoms with van der Waals surface area (Å²) in [6, 6.07) is 5.30. The predicted molar refractivity (Wildman–Crippen MR) is 74.0 cm³/mol. The van der Waals surface area contributed by atoms with Gasteiger partial charge in [0.25, 0.3) is 5.91 Å². The summed E-state index contributed by atoms with van der Waals surface area (Å²) in [5, 5.41) is 2.75. The number of hydrogen-bond acceptors (Lipinski definition) is 6. The molecule has 0 fully saturated rings. The van der Waals surface area contributed by atoms with Gasteiger partial charge in [-0.2, -0.15) is 0 Å². The Morgan fingerprint density at radius 3 is 2.71 bits per heavy atom. The average Bonchev–Trinajstić information content (AvgIpc) is 2.94. The van der Waals surface area contributed by atoms with Gasteiger partial charge in [-0.3, -0.25) is 10.1 Å². The first kappa shape index (κ1) is 14.9. The number of ether oxygens (including phenoxy) is 2. The van der Waals surface area contributed by atoms with Crippen LogP contribution in [0.4, 0.5) is 9.52 Å². The highest BCUT2D eigenvalue weighted by Gasteiger charge is 2.12. The number of carbonyl (C=O) groups excluding carboxylic acids is 2. The van der Waals surface area contributed by atoms with Gasteiger partial charge in [-0.1, -0.05) is 11.3 Å². The summed E-state index contributed by atoms with van der Waals surface area (Å²) < 4.78 is 22.4. The molecule has 1 N–H and O–H groups in total. The molecule has 0 unspecified atom stereocenters. The Kier molecular flexibility index (Phi) is 4.83. The Balaban J connectivity index is 1.85. The number of amides is 1. The quantitative estimate of drug-likeness (QED) is 0.856. The number of nitrogens with zero attached hydrogens (tertiary/aromatic N) is 1. The molecule has 0 aliphatic rings. The van der Waals surface area contributed by atoms with E-state index in [2.05, 4.69) is 15.0 Å². The van der Waals surface area contributed by atoms with Gasteiger partial charge in [-0.05, 0) is 24.3 Å². The summed E-state index contributed by atoms with van der Waals surface area (Å²) in [6.45, 7) is -0.251. The first-order valence-electron chi connectivity index (χ1n) is 5.81. The number of methoxy groups -OCH3 is 1. The second-order valence-corrected chi connectivity index (χ2v) is 4.84. The lowest BCUT2D eigenvalue weighted by molar-refractivity contribution is -0.118. The number of hydrogen-bond donors (Lipinski definition) is 1. The number of halogens is 1. The molecule has 0 aliphatic heterocycles. The van der Waals surface area contributed by atoms with Crippen molar-refractivity contribution in [3.63, 3.8) is 0 Å². The Bertz CT molecular complexity index is 642. The van der Waals surface area contributed by atoms with E-state index < -0.39 is 11.9 Å². The van der Waals surface area contributed by atoms with Crippen LogP contribution in [0.3, 0.4) is 0 Å². The Labute approximate surface area is 123 Å². The van der Waals surface area contributed by atoms with E-state index in [1.54, 1.807) is 0 Å². The second kappa shape index (κ2) is 6.80. The van der Waals surface area contributed by atoms with Crippen molar-refractivity contribution < 1.29 is 23.5 Å². The SMILES string of the molecule is COC(=O)c1cnc(NC(=O)COc2ccc(F)cc2)s1. The van der Waals surface area contributed by atoms with Crippen molar-refractivity contribution in [2.24, 2.45) is 0 Å². The fourth-order valence-corrected chi connectivity index (χ4v) is 2.11. The molecule has 8 heteroatoms. The number of aromatic nitrogens is 1. The van der Waals surface area contributed by atoms with Crippen LogP contribution in [0.5, 0.6) is 5.75 Å². The zero-order valence-electron chi connectivity index (χ0n) is 11.0. The van der Waals surface area contributed by atoms with E-state index in [0.717, 1.165) is 11.3 Å². The van der Waals surface area contributed by atoms with Crippen LogP contribution < -0.4 is 10.1 Å². The summed E-state index contributed by atoms with van der Waals surface area (Å²) in [7, 11) is 1.26. The molecule has 1 amide bonds. The van der Waals surface area contributed by atoms with Gasteiger partial charge in [0.15, 0.2) is 11.7 Å². The van der Waals surface area contributed by atoms with Crippen molar-refractivity contribution in [2.75, 3.05) is 19.0 Å². The number of benzene rings is 1. The fraction of sp³-hybridized carbons (Fsp3) is 0.154. The van der Waals surface area contributed by atoms with Crippen LogP contribution in [0.25, 0.3) is 0 Å². The number of nitrogens with one attached hydrogen (secondary N) is 1. The summed E-state index contributed by atoms with van der Waals surface area (Å²) >= 11 is 0.995. The normalized spacial score (nSPS) is 10.0. The molecule has 0 saturated heterocycles.